The maximum Gasteiger partial charge on any atom is 0.330 e. The Morgan fingerprint density at radius 1 is 1.19 bits per heavy atom. The van der Waals surface area contributed by atoms with Crippen molar-refractivity contribution in [3.05, 3.63) is 69.0 Å². The Kier molecular flexibility index (Phi) is 6.95. The minimum absolute atomic E-state index is 0.0275. The van der Waals surface area contributed by atoms with E-state index in [1.54, 1.807) is 0 Å². The number of alkyl halides is 1. The Labute approximate surface area is 188 Å². The highest BCUT2D eigenvalue weighted by Gasteiger charge is 2.57. The standard InChI is InChI=1S/C23H33FN2O5Si/c1-22(2,3)32(5,6)30-15-17-19(29-14-16-10-8-7-9-11-16)23(4,24)20(31-17)26-13-12-18(27)25-21(26)28/h7-13,17,19-20H,14-15H2,1-6H3,(H,25,27,28)/t17?,19-,20-,23-/m1/s1. The van der Waals surface area contributed by atoms with Crippen LogP contribution in [0.25, 0.3) is 0 Å². The molecule has 1 aromatic heterocycles. The number of hydrogen-bond acceptors (Lipinski definition) is 5. The fraction of sp³-hybridized carbons (Fsp3) is 0.565. The van der Waals surface area contributed by atoms with Gasteiger partial charge in [-0.3, -0.25) is 14.3 Å². The summed E-state index contributed by atoms with van der Waals surface area (Å²) < 4.78 is 35.6. The third-order valence-electron chi connectivity index (χ3n) is 6.47. The van der Waals surface area contributed by atoms with Gasteiger partial charge in [-0.25, -0.2) is 9.18 Å². The second kappa shape index (κ2) is 9.05. The van der Waals surface area contributed by atoms with E-state index in [2.05, 4.69) is 38.8 Å². The molecule has 0 saturated carbocycles. The first kappa shape index (κ1) is 24.6. The SMILES string of the molecule is CC(C)(C)[Si](C)(C)OCC1O[C@@H](n2ccc(=O)[nH]c2=O)[C@](C)(F)[C@@H]1OCc1ccccc1. The molecule has 2 heterocycles. The molecule has 0 spiro atoms. The van der Waals surface area contributed by atoms with Crippen LogP contribution in [-0.4, -0.2) is 42.4 Å². The third kappa shape index (κ3) is 5.11. The summed E-state index contributed by atoms with van der Waals surface area (Å²) in [6.07, 6.45) is -1.72. The lowest BCUT2D eigenvalue weighted by molar-refractivity contribution is -0.0659. The Bertz CT molecular complexity index is 1030. The summed E-state index contributed by atoms with van der Waals surface area (Å²) in [6.45, 7) is 12.3. The van der Waals surface area contributed by atoms with Crippen LogP contribution in [0.3, 0.4) is 0 Å². The van der Waals surface area contributed by atoms with Gasteiger partial charge in [0.1, 0.15) is 12.2 Å². The van der Waals surface area contributed by atoms with E-state index in [1.807, 2.05) is 30.3 Å². The molecule has 1 unspecified atom stereocenters. The van der Waals surface area contributed by atoms with Crippen LogP contribution in [0.15, 0.2) is 52.2 Å². The van der Waals surface area contributed by atoms with Crippen LogP contribution in [0, 0.1) is 0 Å². The van der Waals surface area contributed by atoms with Gasteiger partial charge in [0.25, 0.3) is 5.56 Å². The average Bonchev–Trinajstić information content (AvgIpc) is 2.94. The third-order valence-corrected chi connectivity index (χ3v) is 11.0. The minimum atomic E-state index is -2.13. The van der Waals surface area contributed by atoms with E-state index in [4.69, 9.17) is 13.9 Å². The number of H-pyrrole nitrogens is 1. The van der Waals surface area contributed by atoms with Gasteiger partial charge in [0.2, 0.25) is 0 Å². The number of hydrogen-bond donors (Lipinski definition) is 1. The molecule has 1 N–H and O–H groups in total. The summed E-state index contributed by atoms with van der Waals surface area (Å²) in [5, 5.41) is -0.0275. The van der Waals surface area contributed by atoms with Crippen molar-refractivity contribution >= 4 is 8.32 Å². The molecule has 3 rings (SSSR count). The number of rotatable bonds is 7. The Morgan fingerprint density at radius 3 is 2.44 bits per heavy atom. The van der Waals surface area contributed by atoms with Gasteiger partial charge in [-0.1, -0.05) is 51.1 Å². The number of nitrogens with zero attached hydrogens (tertiary/aromatic N) is 1. The van der Waals surface area contributed by atoms with Crippen molar-refractivity contribution in [3.63, 3.8) is 0 Å². The maximum absolute atomic E-state index is 16.2. The van der Waals surface area contributed by atoms with E-state index >= 15 is 4.39 Å². The maximum atomic E-state index is 16.2. The molecule has 0 radical (unpaired) electrons. The van der Waals surface area contributed by atoms with Crippen molar-refractivity contribution in [1.29, 1.82) is 0 Å². The summed E-state index contributed by atoms with van der Waals surface area (Å²) in [7, 11) is -2.13. The first-order valence-electron chi connectivity index (χ1n) is 10.8. The van der Waals surface area contributed by atoms with Crippen molar-refractivity contribution in [2.45, 2.75) is 76.5 Å². The molecule has 176 valence electrons. The molecule has 4 atom stereocenters. The average molecular weight is 465 g/mol. The first-order chi connectivity index (χ1) is 14.8. The molecule has 9 heteroatoms. The molecule has 32 heavy (non-hydrogen) atoms. The van der Waals surface area contributed by atoms with Crippen molar-refractivity contribution in [2.24, 2.45) is 0 Å². The van der Waals surface area contributed by atoms with Crippen LogP contribution in [0.1, 0.15) is 39.5 Å². The molecular formula is C23H33FN2O5Si. The number of aromatic amines is 1. The molecule has 2 aromatic rings. The van der Waals surface area contributed by atoms with Crippen LogP contribution in [-0.2, 0) is 20.5 Å². The van der Waals surface area contributed by atoms with E-state index in [0.717, 1.165) is 10.1 Å². The highest BCUT2D eigenvalue weighted by Crippen LogP contribution is 2.44. The van der Waals surface area contributed by atoms with Crippen LogP contribution in [0.4, 0.5) is 4.39 Å². The highest BCUT2D eigenvalue weighted by molar-refractivity contribution is 6.74. The van der Waals surface area contributed by atoms with E-state index in [9.17, 15) is 9.59 Å². The van der Waals surface area contributed by atoms with E-state index < -0.39 is 43.7 Å². The Morgan fingerprint density at radius 2 is 1.84 bits per heavy atom. The lowest BCUT2D eigenvalue weighted by atomic mass is 9.98. The lowest BCUT2D eigenvalue weighted by Gasteiger charge is -2.37. The summed E-state index contributed by atoms with van der Waals surface area (Å²) in [6, 6.07) is 10.6. The minimum Gasteiger partial charge on any atom is -0.414 e. The lowest BCUT2D eigenvalue weighted by Crippen LogP contribution is -2.47. The van der Waals surface area contributed by atoms with Gasteiger partial charge in [0.15, 0.2) is 20.2 Å². The summed E-state index contributed by atoms with van der Waals surface area (Å²) >= 11 is 0. The normalized spacial score (nSPS) is 26.4. The number of ether oxygens (including phenoxy) is 2. The fourth-order valence-electron chi connectivity index (χ4n) is 3.49. The monoisotopic (exact) mass is 464 g/mol. The van der Waals surface area contributed by atoms with Crippen molar-refractivity contribution in [2.75, 3.05) is 6.61 Å². The molecule has 1 aliphatic rings. The van der Waals surface area contributed by atoms with Crippen molar-refractivity contribution in [3.8, 4) is 0 Å². The zero-order valence-corrected chi connectivity index (χ0v) is 20.6. The molecule has 0 amide bonds. The van der Waals surface area contributed by atoms with Gasteiger partial charge < -0.3 is 13.9 Å². The van der Waals surface area contributed by atoms with Gasteiger partial charge in [-0.2, -0.15) is 0 Å². The smallest absolute Gasteiger partial charge is 0.330 e. The van der Waals surface area contributed by atoms with Crippen LogP contribution < -0.4 is 11.2 Å². The van der Waals surface area contributed by atoms with Crippen molar-refractivity contribution in [1.82, 2.24) is 9.55 Å². The highest BCUT2D eigenvalue weighted by atomic mass is 28.4. The largest absolute Gasteiger partial charge is 0.414 e. The van der Waals surface area contributed by atoms with Crippen LogP contribution in [0.2, 0.25) is 18.1 Å². The zero-order chi connectivity index (χ0) is 23.7. The predicted molar refractivity (Wildman–Crippen MR) is 123 cm³/mol. The molecule has 1 fully saturated rings. The Balaban J connectivity index is 1.89. The van der Waals surface area contributed by atoms with E-state index in [1.165, 1.54) is 19.2 Å². The van der Waals surface area contributed by atoms with Gasteiger partial charge in [0, 0.05) is 12.3 Å². The molecular weight excluding hydrogens is 431 g/mol. The topological polar surface area (TPSA) is 82.5 Å². The van der Waals surface area contributed by atoms with Crippen LogP contribution >= 0.6 is 0 Å². The second-order valence-electron chi connectivity index (χ2n) is 9.98. The molecule has 1 saturated heterocycles. The van der Waals surface area contributed by atoms with Gasteiger partial charge in [-0.15, -0.1) is 0 Å². The summed E-state index contributed by atoms with van der Waals surface area (Å²) in [5.74, 6) is 0. The van der Waals surface area contributed by atoms with Crippen molar-refractivity contribution < 1.29 is 18.3 Å². The van der Waals surface area contributed by atoms with Crippen LogP contribution in [0.5, 0.6) is 0 Å². The first-order valence-corrected chi connectivity index (χ1v) is 13.7. The fourth-order valence-corrected chi connectivity index (χ4v) is 4.50. The molecule has 7 nitrogen and oxygen atoms in total. The number of halogens is 1. The second-order valence-corrected chi connectivity index (χ2v) is 14.8. The summed E-state index contributed by atoms with van der Waals surface area (Å²) in [4.78, 5) is 26.0. The zero-order valence-electron chi connectivity index (χ0n) is 19.6. The predicted octanol–water partition coefficient (Wildman–Crippen LogP) is 3.77. The van der Waals surface area contributed by atoms with E-state index in [0.29, 0.717) is 0 Å². The quantitative estimate of drug-likeness (QED) is 0.631. The molecule has 0 bridgehead atoms. The van der Waals surface area contributed by atoms with E-state index in [-0.39, 0.29) is 18.3 Å². The van der Waals surface area contributed by atoms with Gasteiger partial charge in [-0.05, 0) is 30.6 Å². The molecule has 1 aromatic carbocycles. The van der Waals surface area contributed by atoms with Gasteiger partial charge >= 0.3 is 5.69 Å². The number of benzene rings is 1. The number of nitrogens with one attached hydrogen (secondary N) is 1. The van der Waals surface area contributed by atoms with Gasteiger partial charge in [0.05, 0.1) is 13.2 Å². The molecule has 0 aliphatic carbocycles. The summed E-state index contributed by atoms with van der Waals surface area (Å²) in [5.41, 5.74) is -2.44. The number of aromatic nitrogens is 2. The molecule has 1 aliphatic heterocycles. The Hall–Kier alpha value is -2.07.